The predicted molar refractivity (Wildman–Crippen MR) is 120 cm³/mol. The number of alkyl halides is 3. The molecule has 0 saturated heterocycles. The van der Waals surface area contributed by atoms with Crippen molar-refractivity contribution in [3.8, 4) is 6.07 Å². The van der Waals surface area contributed by atoms with Crippen molar-refractivity contribution in [2.75, 3.05) is 0 Å². The molecular formula is C22H16BrF3N8O. The molecule has 4 aromatic rings. The van der Waals surface area contributed by atoms with Crippen LogP contribution in [0.5, 0.6) is 0 Å². The van der Waals surface area contributed by atoms with E-state index in [1.54, 1.807) is 19.3 Å². The zero-order valence-electron chi connectivity index (χ0n) is 18.1. The molecule has 0 aliphatic heterocycles. The monoisotopic (exact) mass is 544 g/mol. The van der Waals surface area contributed by atoms with Crippen LogP contribution in [-0.4, -0.2) is 34.7 Å². The van der Waals surface area contributed by atoms with Crippen LogP contribution in [0.4, 0.5) is 13.2 Å². The van der Waals surface area contributed by atoms with Gasteiger partial charge in [0.2, 0.25) is 0 Å². The molecular weight excluding hydrogens is 529 g/mol. The van der Waals surface area contributed by atoms with E-state index in [2.05, 4.69) is 45.9 Å². The van der Waals surface area contributed by atoms with Gasteiger partial charge in [0.05, 0.1) is 10.5 Å². The Hall–Kier alpha value is -3.66. The van der Waals surface area contributed by atoms with E-state index in [1.165, 1.54) is 10.7 Å². The fourth-order valence-electron chi connectivity index (χ4n) is 4.20. The van der Waals surface area contributed by atoms with Gasteiger partial charge in [-0.05, 0) is 47.3 Å². The SMILES string of the molecule is CC(c1ccc(C(F)(F)F)nc1)n1nc(C#N)c2c(=O)[nH]c(C3CCC3c3ncc(Br)cn3)nc21. The summed E-state index contributed by atoms with van der Waals surface area (Å²) in [7, 11) is 0. The Bertz CT molecular complexity index is 1510. The van der Waals surface area contributed by atoms with Gasteiger partial charge in [0.1, 0.15) is 28.8 Å². The van der Waals surface area contributed by atoms with E-state index < -0.39 is 23.5 Å². The summed E-state index contributed by atoms with van der Waals surface area (Å²) >= 11 is 3.31. The van der Waals surface area contributed by atoms with E-state index in [9.17, 15) is 23.2 Å². The highest BCUT2D eigenvalue weighted by atomic mass is 79.9. The van der Waals surface area contributed by atoms with Gasteiger partial charge in [0, 0.05) is 30.4 Å². The van der Waals surface area contributed by atoms with Crippen LogP contribution in [0.25, 0.3) is 11.0 Å². The first-order valence-electron chi connectivity index (χ1n) is 10.6. The van der Waals surface area contributed by atoms with E-state index in [0.717, 1.165) is 29.6 Å². The fraction of sp³-hybridized carbons (Fsp3) is 0.318. The second-order valence-electron chi connectivity index (χ2n) is 8.26. The largest absolute Gasteiger partial charge is 0.433 e. The number of H-pyrrole nitrogens is 1. The van der Waals surface area contributed by atoms with E-state index in [0.29, 0.717) is 17.2 Å². The third kappa shape index (κ3) is 4.07. The molecule has 13 heteroatoms. The van der Waals surface area contributed by atoms with Gasteiger partial charge in [-0.2, -0.15) is 23.5 Å². The number of aromatic amines is 1. The Morgan fingerprint density at radius 2 is 1.89 bits per heavy atom. The molecule has 1 fully saturated rings. The topological polar surface area (TPSA) is 126 Å². The van der Waals surface area contributed by atoms with Gasteiger partial charge in [0.15, 0.2) is 11.3 Å². The molecule has 9 nitrogen and oxygen atoms in total. The molecule has 1 N–H and O–H groups in total. The summed E-state index contributed by atoms with van der Waals surface area (Å²) in [5.74, 6) is 0.897. The molecule has 3 unspecified atom stereocenters. The van der Waals surface area contributed by atoms with Crippen LogP contribution in [0.3, 0.4) is 0 Å². The van der Waals surface area contributed by atoms with Crippen LogP contribution in [-0.2, 0) is 6.18 Å². The molecule has 1 saturated carbocycles. The maximum atomic E-state index is 13.0. The molecule has 0 aromatic carbocycles. The van der Waals surface area contributed by atoms with Crippen molar-refractivity contribution in [3.05, 3.63) is 74.1 Å². The minimum atomic E-state index is -4.56. The summed E-state index contributed by atoms with van der Waals surface area (Å²) in [6, 6.07) is 3.44. The maximum absolute atomic E-state index is 13.0. The maximum Gasteiger partial charge on any atom is 0.433 e. The van der Waals surface area contributed by atoms with Crippen molar-refractivity contribution < 1.29 is 13.2 Å². The molecule has 3 atom stereocenters. The van der Waals surface area contributed by atoms with Gasteiger partial charge in [0.25, 0.3) is 5.56 Å². The molecule has 0 spiro atoms. The number of halogens is 4. The quantitative estimate of drug-likeness (QED) is 0.407. The number of nitriles is 1. The van der Waals surface area contributed by atoms with Crippen LogP contribution in [0, 0.1) is 11.3 Å². The molecule has 4 heterocycles. The first-order chi connectivity index (χ1) is 16.7. The Morgan fingerprint density at radius 3 is 2.46 bits per heavy atom. The number of aromatic nitrogens is 7. The highest BCUT2D eigenvalue weighted by Crippen LogP contribution is 2.46. The minimum Gasteiger partial charge on any atom is -0.310 e. The minimum absolute atomic E-state index is 0.0266. The van der Waals surface area contributed by atoms with Crippen molar-refractivity contribution in [1.29, 1.82) is 5.26 Å². The van der Waals surface area contributed by atoms with Crippen LogP contribution >= 0.6 is 15.9 Å². The van der Waals surface area contributed by atoms with Crippen molar-refractivity contribution in [1.82, 2.24) is 34.7 Å². The van der Waals surface area contributed by atoms with Crippen LogP contribution < -0.4 is 5.56 Å². The van der Waals surface area contributed by atoms with E-state index in [1.807, 2.05) is 6.07 Å². The summed E-state index contributed by atoms with van der Waals surface area (Å²) < 4.78 is 40.8. The van der Waals surface area contributed by atoms with E-state index >= 15 is 0 Å². The standard InChI is InChI=1S/C22H16BrF3N8O/c1-10(11-2-5-16(28-7-11)22(24,25)26)34-20-17(15(6-27)33-34)21(35)32-19(31-20)14-4-3-13(14)18-29-8-12(23)9-30-18/h2,5,7-10,13-14H,3-4H2,1H3,(H,31,32,35). The number of pyridine rings is 1. The third-order valence-corrected chi connectivity index (χ3v) is 6.62. The third-order valence-electron chi connectivity index (χ3n) is 6.21. The zero-order chi connectivity index (χ0) is 24.9. The van der Waals surface area contributed by atoms with Crippen LogP contribution in [0.1, 0.15) is 66.2 Å². The molecule has 4 aromatic heterocycles. The van der Waals surface area contributed by atoms with Crippen molar-refractivity contribution in [2.45, 2.75) is 43.8 Å². The summed E-state index contributed by atoms with van der Waals surface area (Å²) in [5, 5.41) is 13.8. The predicted octanol–water partition coefficient (Wildman–Crippen LogP) is 4.23. The van der Waals surface area contributed by atoms with Gasteiger partial charge in [-0.25, -0.2) is 19.6 Å². The second kappa shape index (κ2) is 8.53. The van der Waals surface area contributed by atoms with Gasteiger partial charge >= 0.3 is 6.18 Å². The van der Waals surface area contributed by atoms with E-state index in [4.69, 9.17) is 0 Å². The lowest BCUT2D eigenvalue weighted by Crippen LogP contribution is -2.28. The lowest BCUT2D eigenvalue weighted by molar-refractivity contribution is -0.141. The van der Waals surface area contributed by atoms with Gasteiger partial charge in [-0.3, -0.25) is 9.78 Å². The summed E-state index contributed by atoms with van der Waals surface area (Å²) in [4.78, 5) is 32.6. The van der Waals surface area contributed by atoms with Crippen molar-refractivity contribution in [2.24, 2.45) is 0 Å². The Kier molecular flexibility index (Phi) is 5.63. The smallest absolute Gasteiger partial charge is 0.310 e. The summed E-state index contributed by atoms with van der Waals surface area (Å²) in [5.41, 5.74) is -1.05. The highest BCUT2D eigenvalue weighted by molar-refractivity contribution is 9.10. The Morgan fingerprint density at radius 1 is 1.17 bits per heavy atom. The van der Waals surface area contributed by atoms with Crippen LogP contribution in [0.2, 0.25) is 0 Å². The first-order valence-corrected chi connectivity index (χ1v) is 11.4. The molecule has 0 radical (unpaired) electrons. The summed E-state index contributed by atoms with van der Waals surface area (Å²) in [6.45, 7) is 1.68. The normalized spacial score (nSPS) is 18.7. The number of nitrogens with zero attached hydrogens (tertiary/aromatic N) is 7. The lowest BCUT2D eigenvalue weighted by Gasteiger charge is -2.34. The number of nitrogens with one attached hydrogen (secondary N) is 1. The number of fused-ring (bicyclic) bond motifs is 1. The Balaban J connectivity index is 1.56. The molecule has 35 heavy (non-hydrogen) atoms. The van der Waals surface area contributed by atoms with Gasteiger partial charge in [-0.1, -0.05) is 6.07 Å². The van der Waals surface area contributed by atoms with E-state index in [-0.39, 0.29) is 28.6 Å². The second-order valence-corrected chi connectivity index (χ2v) is 9.17. The van der Waals surface area contributed by atoms with Gasteiger partial charge < -0.3 is 4.98 Å². The van der Waals surface area contributed by atoms with Crippen molar-refractivity contribution >= 4 is 27.0 Å². The molecule has 5 rings (SSSR count). The van der Waals surface area contributed by atoms with Crippen LogP contribution in [0.15, 0.2) is 40.0 Å². The van der Waals surface area contributed by atoms with Gasteiger partial charge in [-0.15, -0.1) is 0 Å². The zero-order valence-corrected chi connectivity index (χ0v) is 19.7. The number of rotatable bonds is 4. The average Bonchev–Trinajstić information content (AvgIpc) is 3.18. The van der Waals surface area contributed by atoms with Crippen molar-refractivity contribution in [3.63, 3.8) is 0 Å². The molecule has 178 valence electrons. The lowest BCUT2D eigenvalue weighted by atomic mass is 9.72. The molecule has 0 bridgehead atoms. The number of hydrogen-bond acceptors (Lipinski definition) is 7. The molecule has 1 aliphatic rings. The summed E-state index contributed by atoms with van der Waals surface area (Å²) in [6.07, 6.45) is 1.44. The fourth-order valence-corrected chi connectivity index (χ4v) is 4.40. The average molecular weight is 545 g/mol. The number of hydrogen-bond donors (Lipinski definition) is 1. The first kappa shape index (κ1) is 23.1. The highest BCUT2D eigenvalue weighted by Gasteiger charge is 2.38. The Labute approximate surface area is 204 Å². The molecule has 1 aliphatic carbocycles. The molecule has 0 amide bonds.